The van der Waals surface area contributed by atoms with Crippen LogP contribution in [0.4, 0.5) is 0 Å². The van der Waals surface area contributed by atoms with Crippen LogP contribution in [0.15, 0.2) is 92.1 Å². The predicted octanol–water partition coefficient (Wildman–Crippen LogP) is 1.79. The minimum Gasteiger partial charge on any atom is -0.321 e. The van der Waals surface area contributed by atoms with Crippen molar-refractivity contribution in [3.63, 3.8) is 0 Å². The average molecular weight is 601 g/mol. The summed E-state index contributed by atoms with van der Waals surface area (Å²) in [6.45, 7) is 0. The van der Waals surface area contributed by atoms with Crippen LogP contribution in [0.5, 0.6) is 0 Å². The van der Waals surface area contributed by atoms with Gasteiger partial charge in [-0.1, -0.05) is 58.4 Å². The lowest BCUT2D eigenvalue weighted by molar-refractivity contribution is -0.117. The molecule has 3 aromatic rings. The summed E-state index contributed by atoms with van der Waals surface area (Å²) in [6.07, 6.45) is 0. The molecule has 3 aromatic carbocycles. The fourth-order valence-electron chi connectivity index (χ4n) is 4.20. The van der Waals surface area contributed by atoms with Gasteiger partial charge in [-0.3, -0.25) is 9.59 Å². The van der Waals surface area contributed by atoms with E-state index in [0.29, 0.717) is 28.1 Å². The van der Waals surface area contributed by atoms with Gasteiger partial charge in [0.15, 0.2) is 0 Å². The first-order valence-corrected chi connectivity index (χ1v) is 14.4. The highest BCUT2D eigenvalue weighted by atomic mass is 79.9. The molecule has 0 aromatic heterocycles. The number of carbonyl (C=O) groups is 2. The Morgan fingerprint density at radius 1 is 0.622 bits per heavy atom. The standard InChI is InChI=1S/C24H17BrN4O6S2/c25-15-7-5-14(6-8-15)22-20-19(23(30)29-22)21(28-24(20)31)13-3-1-12(2-4-13)17-10-9-16(36(26,32)33)11-18(17)37(27,34)35/h1-11H,(H,28,31)(H,29,30)(H2,26,32,33)(H2,27,34,35). The van der Waals surface area contributed by atoms with Crippen molar-refractivity contribution in [3.8, 4) is 11.1 Å². The lowest BCUT2D eigenvalue weighted by atomic mass is 9.99. The number of hydrogen-bond acceptors (Lipinski definition) is 6. The van der Waals surface area contributed by atoms with Crippen molar-refractivity contribution in [2.45, 2.75) is 9.79 Å². The van der Waals surface area contributed by atoms with Gasteiger partial charge >= 0.3 is 0 Å². The molecule has 10 nitrogen and oxygen atoms in total. The Morgan fingerprint density at radius 3 is 1.54 bits per heavy atom. The minimum atomic E-state index is -4.30. The number of benzene rings is 3. The number of nitrogens with one attached hydrogen (secondary N) is 2. The summed E-state index contributed by atoms with van der Waals surface area (Å²) < 4.78 is 48.6. The molecule has 2 aliphatic heterocycles. The van der Waals surface area contributed by atoms with Gasteiger partial charge in [0.2, 0.25) is 20.0 Å². The predicted molar refractivity (Wildman–Crippen MR) is 139 cm³/mol. The van der Waals surface area contributed by atoms with Crippen molar-refractivity contribution in [2.24, 2.45) is 10.3 Å². The Kier molecular flexibility index (Phi) is 5.92. The van der Waals surface area contributed by atoms with Gasteiger partial charge in [-0.25, -0.2) is 27.1 Å². The fraction of sp³-hybridized carbons (Fsp3) is 0. The molecule has 2 amide bonds. The number of rotatable bonds is 5. The molecule has 2 heterocycles. The Morgan fingerprint density at radius 2 is 1.08 bits per heavy atom. The zero-order valence-corrected chi connectivity index (χ0v) is 21.9. The molecule has 188 valence electrons. The van der Waals surface area contributed by atoms with Gasteiger partial charge in [0.1, 0.15) is 0 Å². The fourth-order valence-corrected chi connectivity index (χ4v) is 5.86. The SMILES string of the molecule is NS(=O)(=O)c1ccc(-c2ccc(C3=C4C(=O)NC(c5ccc(Br)cc5)=C4C(=O)N3)cc2)c(S(N)(=O)=O)c1. The van der Waals surface area contributed by atoms with E-state index in [4.69, 9.17) is 10.3 Å². The van der Waals surface area contributed by atoms with Crippen molar-refractivity contribution in [3.05, 3.63) is 93.5 Å². The maximum absolute atomic E-state index is 12.8. The lowest BCUT2D eigenvalue weighted by Crippen LogP contribution is -2.21. The number of carbonyl (C=O) groups excluding carboxylic acids is 2. The molecule has 0 unspecified atom stereocenters. The molecule has 0 radical (unpaired) electrons. The molecular weight excluding hydrogens is 584 g/mol. The minimum absolute atomic E-state index is 0.159. The van der Waals surface area contributed by atoms with E-state index >= 15 is 0 Å². The zero-order valence-electron chi connectivity index (χ0n) is 18.6. The van der Waals surface area contributed by atoms with Gasteiger partial charge in [-0.05, 0) is 41.0 Å². The Labute approximate surface area is 220 Å². The first kappa shape index (κ1) is 25.0. The maximum Gasteiger partial charge on any atom is 0.258 e. The van der Waals surface area contributed by atoms with Gasteiger partial charge in [-0.15, -0.1) is 0 Å². The van der Waals surface area contributed by atoms with Gasteiger partial charge in [0.05, 0.1) is 32.3 Å². The van der Waals surface area contributed by atoms with Crippen LogP contribution in [0.2, 0.25) is 0 Å². The highest BCUT2D eigenvalue weighted by Gasteiger charge is 2.40. The smallest absolute Gasteiger partial charge is 0.258 e. The molecule has 0 fully saturated rings. The molecule has 5 rings (SSSR count). The molecule has 0 saturated carbocycles. The third-order valence-corrected chi connectivity index (χ3v) is 8.28. The second kappa shape index (κ2) is 8.75. The van der Waals surface area contributed by atoms with E-state index in [1.54, 1.807) is 48.5 Å². The number of halogens is 1. The summed E-state index contributed by atoms with van der Waals surface area (Å²) in [4.78, 5) is 24.9. The normalized spacial score (nSPS) is 15.6. The number of hydrogen-bond donors (Lipinski definition) is 4. The van der Waals surface area contributed by atoms with Gasteiger partial charge in [-0.2, -0.15) is 0 Å². The molecule has 13 heteroatoms. The van der Waals surface area contributed by atoms with E-state index in [0.717, 1.165) is 10.5 Å². The summed E-state index contributed by atoms with van der Waals surface area (Å²) in [5.41, 5.74) is 2.91. The van der Waals surface area contributed by atoms with Gasteiger partial charge in [0, 0.05) is 10.0 Å². The molecule has 0 aliphatic carbocycles. The number of sulfonamides is 2. The largest absolute Gasteiger partial charge is 0.321 e. The van der Waals surface area contributed by atoms with E-state index in [2.05, 4.69) is 26.6 Å². The van der Waals surface area contributed by atoms with Crippen molar-refractivity contribution in [1.29, 1.82) is 0 Å². The van der Waals surface area contributed by atoms with E-state index in [9.17, 15) is 26.4 Å². The summed E-state index contributed by atoms with van der Waals surface area (Å²) in [5, 5.41) is 16.0. The average Bonchev–Trinajstić information content (AvgIpc) is 3.36. The topological polar surface area (TPSA) is 179 Å². The molecule has 0 spiro atoms. The Hall–Kier alpha value is -3.62. The number of nitrogens with two attached hydrogens (primary N) is 2. The van der Waals surface area contributed by atoms with Crippen molar-refractivity contribution in [1.82, 2.24) is 10.6 Å². The first-order chi connectivity index (χ1) is 17.3. The van der Waals surface area contributed by atoms with Gasteiger partial charge in [0.25, 0.3) is 11.8 Å². The second-order valence-electron chi connectivity index (χ2n) is 8.24. The van der Waals surface area contributed by atoms with Crippen molar-refractivity contribution < 1.29 is 26.4 Å². The van der Waals surface area contributed by atoms with E-state index in [-0.39, 0.29) is 16.7 Å². The van der Waals surface area contributed by atoms with Crippen LogP contribution in [0.25, 0.3) is 22.5 Å². The van der Waals surface area contributed by atoms with Crippen LogP contribution in [-0.2, 0) is 29.6 Å². The molecule has 0 bridgehead atoms. The third-order valence-electron chi connectivity index (χ3n) is 5.89. The maximum atomic E-state index is 12.8. The second-order valence-corrected chi connectivity index (χ2v) is 12.2. The highest BCUT2D eigenvalue weighted by molar-refractivity contribution is 9.10. The molecule has 6 N–H and O–H groups in total. The van der Waals surface area contributed by atoms with Crippen LogP contribution in [-0.4, -0.2) is 28.6 Å². The zero-order chi connectivity index (χ0) is 26.7. The summed E-state index contributed by atoms with van der Waals surface area (Å²) >= 11 is 3.36. The van der Waals surface area contributed by atoms with Crippen molar-refractivity contribution >= 4 is 59.2 Å². The molecule has 37 heavy (non-hydrogen) atoms. The molecule has 2 aliphatic rings. The molecule has 0 atom stereocenters. The Balaban J connectivity index is 1.58. The summed E-state index contributed by atoms with van der Waals surface area (Å²) in [5.74, 6) is -0.860. The summed E-state index contributed by atoms with van der Waals surface area (Å²) in [6, 6.07) is 16.9. The number of fused-ring (bicyclic) bond motifs is 1. The van der Waals surface area contributed by atoms with Crippen molar-refractivity contribution in [2.75, 3.05) is 0 Å². The molecule has 0 saturated heterocycles. The van der Waals surface area contributed by atoms with Crippen LogP contribution < -0.4 is 20.9 Å². The summed E-state index contributed by atoms with van der Waals surface area (Å²) in [7, 11) is -8.46. The van der Waals surface area contributed by atoms with Crippen LogP contribution in [0, 0.1) is 0 Å². The van der Waals surface area contributed by atoms with Crippen LogP contribution in [0.1, 0.15) is 11.1 Å². The van der Waals surface area contributed by atoms with E-state index < -0.39 is 41.7 Å². The molecular formula is C24H17BrN4O6S2. The monoisotopic (exact) mass is 600 g/mol. The quantitative estimate of drug-likeness (QED) is 0.346. The number of primary sulfonamides is 2. The first-order valence-electron chi connectivity index (χ1n) is 10.5. The van der Waals surface area contributed by atoms with Crippen LogP contribution >= 0.6 is 15.9 Å². The van der Waals surface area contributed by atoms with Crippen LogP contribution in [0.3, 0.4) is 0 Å². The van der Waals surface area contributed by atoms with E-state index in [1.807, 2.05) is 0 Å². The van der Waals surface area contributed by atoms with E-state index in [1.165, 1.54) is 12.1 Å². The van der Waals surface area contributed by atoms with Gasteiger partial charge < -0.3 is 10.6 Å². The third kappa shape index (κ3) is 4.51. The highest BCUT2D eigenvalue weighted by Crippen LogP contribution is 2.38. The Bertz CT molecular complexity index is 1790. The lowest BCUT2D eigenvalue weighted by Gasteiger charge is -2.11. The number of amides is 2.